The monoisotopic (exact) mass is 253 g/mol. The Hall–Kier alpha value is -1.07. The largest absolute Gasteiger partial charge is 0.383 e. The highest BCUT2D eigenvalue weighted by Crippen LogP contribution is 2.06. The Morgan fingerprint density at radius 3 is 3.00 bits per heavy atom. The fraction of sp³-hybridized carbons (Fsp3) is 0.500. The molecule has 0 aliphatic rings. The minimum Gasteiger partial charge on any atom is -0.383 e. The van der Waals surface area contributed by atoms with Crippen LogP contribution in [-0.4, -0.2) is 48.6 Å². The quantitative estimate of drug-likeness (QED) is 0.593. The molecule has 0 fully saturated rings. The molecule has 0 spiro atoms. The van der Waals surface area contributed by atoms with Gasteiger partial charge >= 0.3 is 0 Å². The Morgan fingerprint density at radius 2 is 2.41 bits per heavy atom. The van der Waals surface area contributed by atoms with Crippen LogP contribution in [0.1, 0.15) is 5.56 Å². The van der Waals surface area contributed by atoms with Crippen molar-refractivity contribution in [1.82, 2.24) is 9.88 Å². The molecule has 0 N–H and O–H groups in total. The lowest BCUT2D eigenvalue weighted by Gasteiger charge is -2.19. The Balaban J connectivity index is 2.54. The average molecular weight is 253 g/mol. The summed E-state index contributed by atoms with van der Waals surface area (Å²) in [5, 5.41) is 1.02. The van der Waals surface area contributed by atoms with Crippen LogP contribution in [0.4, 0.5) is 0 Å². The summed E-state index contributed by atoms with van der Waals surface area (Å²) in [6.07, 6.45) is 5.65. The highest BCUT2D eigenvalue weighted by atomic mass is 32.2. The maximum absolute atomic E-state index is 5.05. The number of likely N-dealkylation sites (N-methyl/N-ethyl adjacent to an activating group) is 1. The molecular weight excluding hydrogens is 234 g/mol. The summed E-state index contributed by atoms with van der Waals surface area (Å²) in [5.74, 6) is 0. The van der Waals surface area contributed by atoms with Crippen molar-refractivity contribution in [2.24, 2.45) is 4.99 Å². The topological polar surface area (TPSA) is 37.7 Å². The predicted octanol–water partition coefficient (Wildman–Crippen LogP) is 1.88. The van der Waals surface area contributed by atoms with Crippen molar-refractivity contribution in [1.29, 1.82) is 0 Å². The molecule has 0 saturated heterocycles. The van der Waals surface area contributed by atoms with Crippen LogP contribution >= 0.6 is 11.8 Å². The first-order valence-corrected chi connectivity index (χ1v) is 6.67. The standard InChI is InChI=1S/C12H19N3OS/c1-15(7-8-16-2)12(17-3)14-10-11-5-4-6-13-9-11/h4-6,9H,7-8,10H2,1-3H3. The number of methoxy groups -OCH3 is 1. The molecular formula is C12H19N3OS. The second-order valence-corrected chi connectivity index (χ2v) is 4.35. The maximum atomic E-state index is 5.05. The van der Waals surface area contributed by atoms with Crippen LogP contribution in [0.15, 0.2) is 29.5 Å². The van der Waals surface area contributed by atoms with E-state index in [1.807, 2.05) is 31.6 Å². The third-order valence-electron chi connectivity index (χ3n) is 2.26. The molecule has 94 valence electrons. The predicted molar refractivity (Wildman–Crippen MR) is 73.4 cm³/mol. The molecule has 1 rings (SSSR count). The van der Waals surface area contributed by atoms with Crippen molar-refractivity contribution in [2.75, 3.05) is 33.6 Å². The van der Waals surface area contributed by atoms with Crippen molar-refractivity contribution in [3.63, 3.8) is 0 Å². The lowest BCUT2D eigenvalue weighted by Crippen LogP contribution is -2.27. The number of nitrogens with zero attached hydrogens (tertiary/aromatic N) is 3. The number of aliphatic imine (C=N–C) groups is 1. The van der Waals surface area contributed by atoms with E-state index in [0.717, 1.165) is 17.3 Å². The Bertz CT molecular complexity index is 343. The van der Waals surface area contributed by atoms with E-state index in [1.54, 1.807) is 25.1 Å². The summed E-state index contributed by atoms with van der Waals surface area (Å²) < 4.78 is 5.05. The van der Waals surface area contributed by atoms with Gasteiger partial charge in [0, 0.05) is 33.1 Å². The zero-order valence-electron chi connectivity index (χ0n) is 10.6. The molecule has 0 bridgehead atoms. The molecule has 1 heterocycles. The summed E-state index contributed by atoms with van der Waals surface area (Å²) in [7, 11) is 3.73. The van der Waals surface area contributed by atoms with E-state index in [9.17, 15) is 0 Å². The lowest BCUT2D eigenvalue weighted by molar-refractivity contribution is 0.183. The zero-order valence-corrected chi connectivity index (χ0v) is 11.4. The molecule has 17 heavy (non-hydrogen) atoms. The molecule has 1 aromatic rings. The number of thioether (sulfide) groups is 1. The summed E-state index contributed by atoms with van der Waals surface area (Å²) in [6.45, 7) is 2.23. The molecule has 0 radical (unpaired) electrons. The number of amidine groups is 1. The molecule has 0 aliphatic heterocycles. The van der Waals surface area contributed by atoms with Gasteiger partial charge in [0.2, 0.25) is 0 Å². The smallest absolute Gasteiger partial charge is 0.159 e. The maximum Gasteiger partial charge on any atom is 0.159 e. The molecule has 5 heteroatoms. The fourth-order valence-electron chi connectivity index (χ4n) is 1.32. The molecule has 0 amide bonds. The van der Waals surface area contributed by atoms with E-state index in [1.165, 1.54) is 0 Å². The summed E-state index contributed by atoms with van der Waals surface area (Å²) in [4.78, 5) is 10.8. The van der Waals surface area contributed by atoms with E-state index in [-0.39, 0.29) is 0 Å². The Kier molecular flexibility index (Phi) is 6.65. The first-order chi connectivity index (χ1) is 8.27. The molecule has 0 atom stereocenters. The van der Waals surface area contributed by atoms with Crippen molar-refractivity contribution in [2.45, 2.75) is 6.54 Å². The van der Waals surface area contributed by atoms with Crippen LogP contribution in [-0.2, 0) is 11.3 Å². The molecule has 0 aromatic carbocycles. The van der Waals surface area contributed by atoms with Gasteiger partial charge in [-0.3, -0.25) is 9.98 Å². The number of aromatic nitrogens is 1. The second kappa shape index (κ2) is 8.08. The van der Waals surface area contributed by atoms with E-state index in [2.05, 4.69) is 14.9 Å². The van der Waals surface area contributed by atoms with Crippen LogP contribution in [0.5, 0.6) is 0 Å². The summed E-state index contributed by atoms with van der Waals surface area (Å²) >= 11 is 1.65. The third-order valence-corrected chi connectivity index (χ3v) is 3.07. The number of pyridine rings is 1. The van der Waals surface area contributed by atoms with Crippen molar-refractivity contribution in [3.8, 4) is 0 Å². The molecule has 0 aliphatic carbocycles. The first kappa shape index (κ1) is 14.0. The average Bonchev–Trinajstić information content (AvgIpc) is 2.38. The highest BCUT2D eigenvalue weighted by molar-refractivity contribution is 8.13. The van der Waals surface area contributed by atoms with E-state index >= 15 is 0 Å². The second-order valence-electron chi connectivity index (χ2n) is 3.58. The van der Waals surface area contributed by atoms with Crippen LogP contribution in [0, 0.1) is 0 Å². The summed E-state index contributed by atoms with van der Waals surface area (Å²) in [5.41, 5.74) is 1.12. The van der Waals surface area contributed by atoms with Gasteiger partial charge in [0.15, 0.2) is 5.17 Å². The first-order valence-electron chi connectivity index (χ1n) is 5.45. The minimum absolute atomic E-state index is 0.668. The van der Waals surface area contributed by atoms with Crippen molar-refractivity contribution >= 4 is 16.9 Å². The Morgan fingerprint density at radius 1 is 1.59 bits per heavy atom. The van der Waals surface area contributed by atoms with Crippen molar-refractivity contribution < 1.29 is 4.74 Å². The van der Waals surface area contributed by atoms with Gasteiger partial charge in [-0.1, -0.05) is 17.8 Å². The number of hydrogen-bond donors (Lipinski definition) is 0. The number of hydrogen-bond acceptors (Lipinski definition) is 4. The van der Waals surface area contributed by atoms with Gasteiger partial charge in [-0.05, 0) is 17.9 Å². The van der Waals surface area contributed by atoms with Gasteiger partial charge in [0.1, 0.15) is 0 Å². The van der Waals surface area contributed by atoms with Gasteiger partial charge in [-0.2, -0.15) is 0 Å². The SMILES string of the molecule is COCCN(C)C(=NCc1cccnc1)SC. The Labute approximate surface area is 107 Å². The third kappa shape index (κ3) is 5.19. The van der Waals surface area contributed by atoms with Crippen LogP contribution in [0.2, 0.25) is 0 Å². The number of ether oxygens (including phenoxy) is 1. The highest BCUT2D eigenvalue weighted by Gasteiger charge is 2.04. The number of rotatable bonds is 5. The van der Waals surface area contributed by atoms with Crippen LogP contribution < -0.4 is 0 Å². The van der Waals surface area contributed by atoms with Crippen LogP contribution in [0.3, 0.4) is 0 Å². The van der Waals surface area contributed by atoms with Gasteiger partial charge in [0.05, 0.1) is 13.2 Å². The molecule has 1 aromatic heterocycles. The van der Waals surface area contributed by atoms with E-state index in [0.29, 0.717) is 13.2 Å². The lowest BCUT2D eigenvalue weighted by atomic mass is 10.3. The van der Waals surface area contributed by atoms with Gasteiger partial charge in [-0.15, -0.1) is 0 Å². The normalized spacial score (nSPS) is 11.6. The molecule has 4 nitrogen and oxygen atoms in total. The molecule has 0 saturated carbocycles. The van der Waals surface area contributed by atoms with Crippen molar-refractivity contribution in [3.05, 3.63) is 30.1 Å². The van der Waals surface area contributed by atoms with E-state index < -0.39 is 0 Å². The molecule has 0 unspecified atom stereocenters. The van der Waals surface area contributed by atoms with E-state index in [4.69, 9.17) is 4.74 Å². The summed E-state index contributed by atoms with van der Waals surface area (Å²) in [6, 6.07) is 3.96. The van der Waals surface area contributed by atoms with Gasteiger partial charge < -0.3 is 9.64 Å². The minimum atomic E-state index is 0.668. The van der Waals surface area contributed by atoms with Gasteiger partial charge in [0.25, 0.3) is 0 Å². The fourth-order valence-corrected chi connectivity index (χ4v) is 1.91. The van der Waals surface area contributed by atoms with Crippen LogP contribution in [0.25, 0.3) is 0 Å². The zero-order chi connectivity index (χ0) is 12.5. The van der Waals surface area contributed by atoms with Gasteiger partial charge in [-0.25, -0.2) is 0 Å².